The zero-order valence-electron chi connectivity index (χ0n) is 19.6. The normalized spacial score (nSPS) is 21.4. The van der Waals surface area contributed by atoms with Gasteiger partial charge in [0, 0.05) is 56.0 Å². The molecule has 1 saturated carbocycles. The van der Waals surface area contributed by atoms with E-state index in [1.54, 1.807) is 13.2 Å². The second kappa shape index (κ2) is 11.7. The minimum atomic E-state index is -2.48. The number of aryl methyl sites for hydroxylation is 1. The summed E-state index contributed by atoms with van der Waals surface area (Å²) in [7, 11) is 1.66. The Morgan fingerprint density at radius 1 is 1.21 bits per heavy atom. The van der Waals surface area contributed by atoms with Crippen LogP contribution in [0, 0.1) is 17.8 Å². The van der Waals surface area contributed by atoms with Crippen molar-refractivity contribution >= 4 is 17.1 Å². The first-order valence-electron chi connectivity index (χ1n) is 12.2. The van der Waals surface area contributed by atoms with Crippen LogP contribution in [0.4, 0.5) is 13.2 Å². The molecule has 0 radical (unpaired) electrons. The summed E-state index contributed by atoms with van der Waals surface area (Å²) in [5.74, 6) is 0.653. The number of rotatable bonds is 10. The maximum atomic E-state index is 13.7. The second-order valence-corrected chi connectivity index (χ2v) is 10.7. The Kier molecular flexibility index (Phi) is 8.63. The van der Waals surface area contributed by atoms with Crippen molar-refractivity contribution in [2.75, 3.05) is 26.2 Å². The van der Waals surface area contributed by atoms with Gasteiger partial charge in [-0.25, -0.2) is 13.8 Å². The number of hydrogen-bond donors (Lipinski definition) is 0. The Labute approximate surface area is 202 Å². The predicted molar refractivity (Wildman–Crippen MR) is 124 cm³/mol. The number of carbonyl (C=O) groups excluding carboxylic acids is 1. The highest BCUT2D eigenvalue weighted by atomic mass is 32.1. The minimum Gasteiger partial charge on any atom is -0.464 e. The lowest BCUT2D eigenvalue weighted by Crippen LogP contribution is -2.30. The third-order valence-electron chi connectivity index (χ3n) is 6.99. The largest absolute Gasteiger partial charge is 0.464 e. The molecule has 1 aliphatic heterocycles. The summed E-state index contributed by atoms with van der Waals surface area (Å²) in [4.78, 5) is 20.4. The molecule has 2 aromatic rings. The smallest absolute Gasteiger partial charge is 0.273 e. The molecule has 0 unspecified atom stereocenters. The molecule has 0 N–H and O–H groups in total. The first kappa shape index (κ1) is 25.2. The van der Waals surface area contributed by atoms with Crippen LogP contribution in [-0.2, 0) is 31.1 Å². The first-order chi connectivity index (χ1) is 16.4. The van der Waals surface area contributed by atoms with E-state index in [9.17, 15) is 18.0 Å². The summed E-state index contributed by atoms with van der Waals surface area (Å²) in [5.41, 5.74) is 1.38. The Morgan fingerprint density at radius 2 is 1.94 bits per heavy atom. The summed E-state index contributed by atoms with van der Waals surface area (Å²) in [6.07, 6.45) is 7.07. The van der Waals surface area contributed by atoms with E-state index in [1.165, 1.54) is 16.0 Å². The summed E-state index contributed by atoms with van der Waals surface area (Å²) < 4.78 is 44.9. The van der Waals surface area contributed by atoms with Crippen molar-refractivity contribution in [3.05, 3.63) is 28.3 Å². The summed E-state index contributed by atoms with van der Waals surface area (Å²) in [6.45, 7) is 2.34. The molecule has 0 atom stereocenters. The van der Waals surface area contributed by atoms with Gasteiger partial charge in [0.15, 0.2) is 6.61 Å². The zero-order chi connectivity index (χ0) is 24.1. The monoisotopic (exact) mass is 498 g/mol. The molecule has 6 nitrogen and oxygen atoms in total. The van der Waals surface area contributed by atoms with Gasteiger partial charge in [0.25, 0.3) is 11.6 Å². The van der Waals surface area contributed by atoms with E-state index < -0.39 is 19.0 Å². The number of nitrogens with zero attached hydrogens (tertiary/aromatic N) is 4. The van der Waals surface area contributed by atoms with Crippen LogP contribution in [-0.4, -0.2) is 58.1 Å². The van der Waals surface area contributed by atoms with Crippen molar-refractivity contribution < 1.29 is 22.7 Å². The van der Waals surface area contributed by atoms with Gasteiger partial charge in [0.05, 0.1) is 5.69 Å². The van der Waals surface area contributed by atoms with Crippen molar-refractivity contribution in [1.82, 2.24) is 19.7 Å². The fourth-order valence-electron chi connectivity index (χ4n) is 5.13. The number of ketones is 1. The number of carbonyl (C=O) groups is 1. The molecule has 3 heterocycles. The van der Waals surface area contributed by atoms with E-state index in [-0.39, 0.29) is 12.2 Å². The van der Waals surface area contributed by atoms with E-state index >= 15 is 0 Å². The number of alkyl halides is 2. The number of aromatic nitrogens is 3. The number of hydrogen-bond acceptors (Lipinski definition) is 6. The highest BCUT2D eigenvalue weighted by Crippen LogP contribution is 2.34. The summed E-state index contributed by atoms with van der Waals surface area (Å²) in [5, 5.41) is 4.03. The van der Waals surface area contributed by atoms with Gasteiger partial charge >= 0.3 is 0 Å². The molecule has 1 aliphatic carbocycles. The van der Waals surface area contributed by atoms with Gasteiger partial charge in [0.1, 0.15) is 5.78 Å². The van der Waals surface area contributed by atoms with E-state index in [2.05, 4.69) is 15.0 Å². The maximum Gasteiger partial charge on any atom is 0.273 e. The van der Waals surface area contributed by atoms with E-state index in [1.807, 2.05) is 0 Å². The van der Waals surface area contributed by atoms with Crippen LogP contribution in [0.5, 0.6) is 5.19 Å². The number of ether oxygens (including phenoxy) is 1. The van der Waals surface area contributed by atoms with Gasteiger partial charge in [0.2, 0.25) is 5.95 Å². The van der Waals surface area contributed by atoms with Crippen LogP contribution in [0.25, 0.3) is 0 Å². The molecule has 34 heavy (non-hydrogen) atoms. The van der Waals surface area contributed by atoms with Crippen molar-refractivity contribution in [2.45, 2.75) is 64.2 Å². The Bertz CT molecular complexity index is 931. The van der Waals surface area contributed by atoms with E-state index in [4.69, 9.17) is 4.74 Å². The molecule has 2 aromatic heterocycles. The van der Waals surface area contributed by atoms with Gasteiger partial charge in [-0.1, -0.05) is 24.2 Å². The zero-order valence-corrected chi connectivity index (χ0v) is 20.5. The number of fused-ring (bicyclic) bond motifs is 1. The van der Waals surface area contributed by atoms with Crippen LogP contribution in [0.1, 0.15) is 54.7 Å². The molecule has 2 aliphatic rings. The molecule has 4 rings (SSSR count). The highest BCUT2D eigenvalue weighted by molar-refractivity contribution is 7.13. The number of thiazole rings is 1. The highest BCUT2D eigenvalue weighted by Gasteiger charge is 2.25. The Hall–Kier alpha value is -1.94. The topological polar surface area (TPSA) is 60.2 Å². The SMILES string of the molecule is Cn1cc(CC(=O)CC2CCC(CCN3CCc4nc(OCC(F)F)sc4CC3)CC2)c(F)n1. The Morgan fingerprint density at radius 3 is 2.65 bits per heavy atom. The van der Waals surface area contributed by atoms with Crippen molar-refractivity contribution in [1.29, 1.82) is 0 Å². The second-order valence-electron chi connectivity index (χ2n) is 9.61. The number of halogens is 3. The lowest BCUT2D eigenvalue weighted by Gasteiger charge is -2.30. The van der Waals surface area contributed by atoms with Crippen LogP contribution >= 0.6 is 11.3 Å². The van der Waals surface area contributed by atoms with Crippen LogP contribution in [0.2, 0.25) is 0 Å². The minimum absolute atomic E-state index is 0.101. The average Bonchev–Trinajstić information content (AvgIpc) is 3.27. The van der Waals surface area contributed by atoms with E-state index in [0.29, 0.717) is 29.0 Å². The molecule has 1 fully saturated rings. The van der Waals surface area contributed by atoms with Crippen molar-refractivity contribution in [3.8, 4) is 5.19 Å². The van der Waals surface area contributed by atoms with Crippen LogP contribution < -0.4 is 4.74 Å². The standard InChI is InChI=1S/C24H33F3N4O2S/c1-30-14-18(23(27)29-30)13-19(32)12-17-4-2-16(3-5-17)6-9-31-10-7-20-21(8-11-31)34-24(28-20)33-15-22(25)26/h14,16-17,22H,2-13,15H2,1H3. The van der Waals surface area contributed by atoms with Gasteiger partial charge in [-0.05, 0) is 44.1 Å². The average molecular weight is 499 g/mol. The van der Waals surface area contributed by atoms with Gasteiger partial charge in [-0.2, -0.15) is 4.39 Å². The summed E-state index contributed by atoms with van der Waals surface area (Å²) >= 11 is 1.40. The fourth-order valence-corrected chi connectivity index (χ4v) is 6.08. The van der Waals surface area contributed by atoms with Gasteiger partial charge < -0.3 is 9.64 Å². The molecule has 10 heteroatoms. The molecule has 0 amide bonds. The molecule has 0 spiro atoms. The maximum absolute atomic E-state index is 13.7. The third kappa shape index (κ3) is 7.04. The van der Waals surface area contributed by atoms with E-state index in [0.717, 1.165) is 75.2 Å². The molecule has 0 bridgehead atoms. The lowest BCUT2D eigenvalue weighted by atomic mass is 9.78. The van der Waals surface area contributed by atoms with Crippen LogP contribution in [0.15, 0.2) is 6.20 Å². The third-order valence-corrected chi connectivity index (χ3v) is 8.06. The predicted octanol–water partition coefficient (Wildman–Crippen LogP) is 4.46. The molecule has 0 aromatic carbocycles. The van der Waals surface area contributed by atoms with Crippen molar-refractivity contribution in [3.63, 3.8) is 0 Å². The number of Topliss-reactive ketones (excluding diaryl/α,β-unsaturated/α-hetero) is 1. The molecular formula is C24H33F3N4O2S. The van der Waals surface area contributed by atoms with Gasteiger partial charge in [-0.15, -0.1) is 5.10 Å². The fraction of sp³-hybridized carbons (Fsp3) is 0.708. The van der Waals surface area contributed by atoms with Crippen LogP contribution in [0.3, 0.4) is 0 Å². The quantitative estimate of drug-likeness (QED) is 0.484. The van der Waals surface area contributed by atoms with Crippen molar-refractivity contribution in [2.24, 2.45) is 18.9 Å². The first-order valence-corrected chi connectivity index (χ1v) is 13.0. The molecule has 0 saturated heterocycles. The molecule has 188 valence electrons. The molecular weight excluding hydrogens is 465 g/mol. The summed E-state index contributed by atoms with van der Waals surface area (Å²) in [6, 6.07) is 0. The Balaban J connectivity index is 1.13. The van der Waals surface area contributed by atoms with Gasteiger partial charge in [-0.3, -0.25) is 9.48 Å². The lowest BCUT2D eigenvalue weighted by molar-refractivity contribution is -0.119.